The third kappa shape index (κ3) is 3.47. The summed E-state index contributed by atoms with van der Waals surface area (Å²) in [6.45, 7) is 1.38. The predicted molar refractivity (Wildman–Crippen MR) is 90.5 cm³/mol. The third-order valence-corrected chi connectivity index (χ3v) is 5.19. The molecule has 2 aromatic rings. The molecule has 1 aliphatic rings. The van der Waals surface area contributed by atoms with Crippen molar-refractivity contribution in [3.05, 3.63) is 58.3 Å². The molecule has 1 aromatic carbocycles. The van der Waals surface area contributed by atoms with Crippen molar-refractivity contribution in [2.45, 2.75) is 24.4 Å². The number of hydrogen-bond acceptors (Lipinski definition) is 4. The van der Waals surface area contributed by atoms with Crippen LogP contribution in [0.1, 0.15) is 30.1 Å². The van der Waals surface area contributed by atoms with E-state index in [-0.39, 0.29) is 12.5 Å². The highest BCUT2D eigenvalue weighted by atomic mass is 32.1. The van der Waals surface area contributed by atoms with Crippen molar-refractivity contribution in [2.75, 3.05) is 19.8 Å². The smallest absolute Gasteiger partial charge is 0.230 e. The molecular weight excluding hydrogens is 310 g/mol. The fraction of sp³-hybridized carbons (Fsp3) is 0.389. The summed E-state index contributed by atoms with van der Waals surface area (Å²) in [5.74, 6) is -0.0266. The van der Waals surface area contributed by atoms with Gasteiger partial charge in [-0.2, -0.15) is 11.3 Å². The summed E-state index contributed by atoms with van der Waals surface area (Å²) in [6.07, 6.45) is 0.660. The van der Waals surface area contributed by atoms with Crippen LogP contribution in [0, 0.1) is 0 Å². The first-order chi connectivity index (χ1) is 11.2. The van der Waals surface area contributed by atoms with E-state index in [0.717, 1.165) is 11.1 Å². The third-order valence-electron chi connectivity index (χ3n) is 4.49. The number of benzene rings is 1. The molecule has 2 heterocycles. The molecule has 2 N–H and O–H groups in total. The highest BCUT2D eigenvalue weighted by Gasteiger charge is 2.41. The molecule has 122 valence electrons. The minimum absolute atomic E-state index is 0.0266. The van der Waals surface area contributed by atoms with E-state index in [2.05, 4.69) is 5.32 Å². The van der Waals surface area contributed by atoms with Crippen molar-refractivity contribution in [1.82, 2.24) is 5.32 Å². The zero-order chi connectivity index (χ0) is 16.1. The molecule has 5 heteroatoms. The normalized spacial score (nSPS) is 18.3. The lowest BCUT2D eigenvalue weighted by atomic mass is 9.73. The number of nitrogens with one attached hydrogen (secondary N) is 1. The molecule has 0 bridgehead atoms. The van der Waals surface area contributed by atoms with Crippen LogP contribution in [0.2, 0.25) is 0 Å². The average Bonchev–Trinajstić information content (AvgIpc) is 3.15. The molecule has 23 heavy (non-hydrogen) atoms. The topological polar surface area (TPSA) is 58.6 Å². The van der Waals surface area contributed by atoms with Gasteiger partial charge in [-0.1, -0.05) is 30.3 Å². The Morgan fingerprint density at radius 2 is 2.00 bits per heavy atom. The standard InChI is InChI=1S/C18H21NO3S/c20-16(14-6-11-23-13-14)12-19-17(21)18(7-9-22-10-8-18)15-4-2-1-3-5-15/h1-6,11,13,16,20H,7-10,12H2,(H,19,21). The first kappa shape index (κ1) is 16.2. The van der Waals surface area contributed by atoms with Crippen LogP contribution in [-0.2, 0) is 14.9 Å². The lowest BCUT2D eigenvalue weighted by Crippen LogP contribution is -2.48. The van der Waals surface area contributed by atoms with Gasteiger partial charge in [0.05, 0.1) is 11.5 Å². The minimum Gasteiger partial charge on any atom is -0.387 e. The van der Waals surface area contributed by atoms with E-state index < -0.39 is 11.5 Å². The molecule has 0 aliphatic carbocycles. The van der Waals surface area contributed by atoms with Crippen LogP contribution < -0.4 is 5.32 Å². The number of carbonyl (C=O) groups is 1. The Morgan fingerprint density at radius 1 is 1.26 bits per heavy atom. The van der Waals surface area contributed by atoms with Crippen LogP contribution in [0.25, 0.3) is 0 Å². The van der Waals surface area contributed by atoms with Crippen LogP contribution in [-0.4, -0.2) is 30.8 Å². The number of thiophene rings is 1. The van der Waals surface area contributed by atoms with Gasteiger partial charge in [0.15, 0.2) is 0 Å². The quantitative estimate of drug-likeness (QED) is 0.885. The maximum absolute atomic E-state index is 12.9. The molecule has 1 unspecified atom stereocenters. The second-order valence-electron chi connectivity index (χ2n) is 5.84. The van der Waals surface area contributed by atoms with E-state index >= 15 is 0 Å². The van der Waals surface area contributed by atoms with Crippen LogP contribution >= 0.6 is 11.3 Å². The van der Waals surface area contributed by atoms with Gasteiger partial charge >= 0.3 is 0 Å². The lowest BCUT2D eigenvalue weighted by Gasteiger charge is -2.36. The predicted octanol–water partition coefficient (Wildman–Crippen LogP) is 2.65. The second kappa shape index (κ2) is 7.25. The zero-order valence-corrected chi connectivity index (χ0v) is 13.7. The molecule has 0 saturated carbocycles. The number of ether oxygens (including phenoxy) is 1. The first-order valence-electron chi connectivity index (χ1n) is 7.84. The van der Waals surface area contributed by atoms with Gasteiger partial charge in [0.1, 0.15) is 0 Å². The fourth-order valence-electron chi connectivity index (χ4n) is 3.06. The Kier molecular flexibility index (Phi) is 5.10. The number of hydrogen-bond donors (Lipinski definition) is 2. The zero-order valence-electron chi connectivity index (χ0n) is 12.9. The van der Waals surface area contributed by atoms with E-state index in [1.54, 1.807) is 0 Å². The molecule has 4 nitrogen and oxygen atoms in total. The second-order valence-corrected chi connectivity index (χ2v) is 6.62. The molecule has 1 saturated heterocycles. The van der Waals surface area contributed by atoms with Crippen LogP contribution in [0.4, 0.5) is 0 Å². The van der Waals surface area contributed by atoms with Crippen molar-refractivity contribution < 1.29 is 14.6 Å². The van der Waals surface area contributed by atoms with Crippen molar-refractivity contribution in [3.8, 4) is 0 Å². The summed E-state index contributed by atoms with van der Waals surface area (Å²) in [5, 5.41) is 16.9. The minimum atomic E-state index is -0.669. The highest BCUT2D eigenvalue weighted by molar-refractivity contribution is 7.07. The Labute approximate surface area is 140 Å². The summed E-state index contributed by atoms with van der Waals surface area (Å²) in [4.78, 5) is 12.9. The van der Waals surface area contributed by atoms with E-state index in [1.807, 2.05) is 47.2 Å². The Morgan fingerprint density at radius 3 is 2.65 bits per heavy atom. The molecule has 3 rings (SSSR count). The van der Waals surface area contributed by atoms with Gasteiger partial charge in [0.25, 0.3) is 0 Å². The highest BCUT2D eigenvalue weighted by Crippen LogP contribution is 2.35. The van der Waals surface area contributed by atoms with Gasteiger partial charge in [-0.25, -0.2) is 0 Å². The maximum atomic E-state index is 12.9. The summed E-state index contributed by atoms with van der Waals surface area (Å²) in [7, 11) is 0. The molecule has 0 radical (unpaired) electrons. The summed E-state index contributed by atoms with van der Waals surface area (Å²) < 4.78 is 5.45. The van der Waals surface area contributed by atoms with E-state index in [4.69, 9.17) is 4.74 Å². The maximum Gasteiger partial charge on any atom is 0.230 e. The monoisotopic (exact) mass is 331 g/mol. The number of carbonyl (C=O) groups excluding carboxylic acids is 1. The van der Waals surface area contributed by atoms with Gasteiger partial charge in [-0.3, -0.25) is 4.79 Å². The summed E-state index contributed by atoms with van der Waals surface area (Å²) >= 11 is 1.54. The van der Waals surface area contributed by atoms with Crippen LogP contribution in [0.3, 0.4) is 0 Å². The van der Waals surface area contributed by atoms with Crippen LogP contribution in [0.5, 0.6) is 0 Å². The van der Waals surface area contributed by atoms with Crippen molar-refractivity contribution >= 4 is 17.2 Å². The van der Waals surface area contributed by atoms with Crippen molar-refractivity contribution in [3.63, 3.8) is 0 Å². The summed E-state index contributed by atoms with van der Waals surface area (Å²) in [5.41, 5.74) is 1.30. The Hall–Kier alpha value is -1.69. The molecule has 1 atom stereocenters. The molecule has 0 spiro atoms. The Bertz CT molecular complexity index is 621. The molecular formula is C18H21NO3S. The molecule has 1 amide bonds. The Balaban J connectivity index is 1.73. The van der Waals surface area contributed by atoms with E-state index in [0.29, 0.717) is 26.1 Å². The van der Waals surface area contributed by atoms with Crippen molar-refractivity contribution in [1.29, 1.82) is 0 Å². The average molecular weight is 331 g/mol. The number of amides is 1. The number of aliphatic hydroxyl groups is 1. The number of aliphatic hydroxyl groups excluding tert-OH is 1. The molecule has 1 aliphatic heterocycles. The van der Waals surface area contributed by atoms with Crippen molar-refractivity contribution in [2.24, 2.45) is 0 Å². The molecule has 1 aromatic heterocycles. The lowest BCUT2D eigenvalue weighted by molar-refractivity contribution is -0.131. The van der Waals surface area contributed by atoms with Gasteiger partial charge in [0.2, 0.25) is 5.91 Å². The van der Waals surface area contributed by atoms with Crippen LogP contribution in [0.15, 0.2) is 47.2 Å². The van der Waals surface area contributed by atoms with Gasteiger partial charge < -0.3 is 15.2 Å². The SMILES string of the molecule is O=C(NCC(O)c1ccsc1)C1(c2ccccc2)CCOCC1. The summed E-state index contributed by atoms with van der Waals surface area (Å²) in [6, 6.07) is 11.7. The number of rotatable bonds is 5. The largest absolute Gasteiger partial charge is 0.387 e. The van der Waals surface area contributed by atoms with E-state index in [1.165, 1.54) is 11.3 Å². The molecule has 1 fully saturated rings. The fourth-order valence-corrected chi connectivity index (χ4v) is 3.77. The van der Waals surface area contributed by atoms with Gasteiger partial charge in [-0.05, 0) is 40.8 Å². The van der Waals surface area contributed by atoms with Gasteiger partial charge in [-0.15, -0.1) is 0 Å². The van der Waals surface area contributed by atoms with Gasteiger partial charge in [0, 0.05) is 19.8 Å². The van der Waals surface area contributed by atoms with E-state index in [9.17, 15) is 9.90 Å². The first-order valence-corrected chi connectivity index (χ1v) is 8.78.